The summed E-state index contributed by atoms with van der Waals surface area (Å²) in [7, 11) is 1.69. The Balaban J connectivity index is 1.97. The number of methoxy groups -OCH3 is 1. The summed E-state index contributed by atoms with van der Waals surface area (Å²) in [6, 6.07) is 7.80. The first-order valence-electron chi connectivity index (χ1n) is 5.44. The van der Waals surface area contributed by atoms with Crippen LogP contribution >= 0.6 is 27.7 Å². The van der Waals surface area contributed by atoms with Gasteiger partial charge in [0.25, 0.3) is 0 Å². The molecule has 0 spiro atoms. The molecule has 1 aromatic heterocycles. The van der Waals surface area contributed by atoms with E-state index in [0.717, 1.165) is 22.4 Å². The first-order valence-corrected chi connectivity index (χ1v) is 7.39. The van der Waals surface area contributed by atoms with Crippen LogP contribution in [0.15, 0.2) is 33.2 Å². The molecular weight excluding hydrogens is 316 g/mol. The highest BCUT2D eigenvalue weighted by atomic mass is 79.9. The molecule has 1 aromatic carbocycles. The van der Waals surface area contributed by atoms with E-state index in [2.05, 4.69) is 26.1 Å². The molecule has 1 heterocycles. The summed E-state index contributed by atoms with van der Waals surface area (Å²) in [6.45, 7) is 0.733. The van der Waals surface area contributed by atoms with E-state index >= 15 is 0 Å². The van der Waals surface area contributed by atoms with E-state index in [4.69, 9.17) is 9.15 Å². The summed E-state index contributed by atoms with van der Waals surface area (Å²) in [5.74, 6) is 2.83. The van der Waals surface area contributed by atoms with Gasteiger partial charge in [-0.3, -0.25) is 0 Å². The van der Waals surface area contributed by atoms with Crippen LogP contribution in [-0.4, -0.2) is 29.7 Å². The third-order valence-corrected chi connectivity index (χ3v) is 3.60. The van der Waals surface area contributed by atoms with E-state index in [0.29, 0.717) is 17.5 Å². The zero-order valence-electron chi connectivity index (χ0n) is 9.93. The summed E-state index contributed by atoms with van der Waals surface area (Å²) < 4.78 is 11.6. The number of hydrogen-bond acceptors (Lipinski definition) is 5. The van der Waals surface area contributed by atoms with Crippen molar-refractivity contribution in [2.75, 3.05) is 19.5 Å². The van der Waals surface area contributed by atoms with E-state index in [1.807, 2.05) is 24.3 Å². The fraction of sp³-hybridized carbons (Fsp3) is 0.333. The molecule has 4 nitrogen and oxygen atoms in total. The fourth-order valence-electron chi connectivity index (χ4n) is 1.35. The predicted octanol–water partition coefficient (Wildman–Crippen LogP) is 3.38. The van der Waals surface area contributed by atoms with Crippen molar-refractivity contribution in [3.8, 4) is 11.5 Å². The van der Waals surface area contributed by atoms with Gasteiger partial charge in [0.05, 0.1) is 12.4 Å². The largest absolute Gasteiger partial charge is 0.420 e. The van der Waals surface area contributed by atoms with Gasteiger partial charge in [0.15, 0.2) is 0 Å². The van der Waals surface area contributed by atoms with E-state index in [-0.39, 0.29) is 0 Å². The average Bonchev–Trinajstić information content (AvgIpc) is 2.83. The van der Waals surface area contributed by atoms with Crippen molar-refractivity contribution in [3.05, 3.63) is 34.6 Å². The Morgan fingerprint density at radius 2 is 2.28 bits per heavy atom. The molecule has 0 bridgehead atoms. The van der Waals surface area contributed by atoms with Crippen LogP contribution in [0.2, 0.25) is 0 Å². The lowest BCUT2D eigenvalue weighted by Gasteiger charge is -1.97. The summed E-state index contributed by atoms with van der Waals surface area (Å²) in [6.07, 6.45) is 0. The van der Waals surface area contributed by atoms with Crippen molar-refractivity contribution < 1.29 is 9.15 Å². The normalized spacial score (nSPS) is 10.8. The van der Waals surface area contributed by atoms with Crippen molar-refractivity contribution >= 4 is 27.7 Å². The minimum Gasteiger partial charge on any atom is -0.420 e. The third kappa shape index (κ3) is 3.83. The summed E-state index contributed by atoms with van der Waals surface area (Å²) in [4.78, 5) is 0. The van der Waals surface area contributed by atoms with Gasteiger partial charge < -0.3 is 9.15 Å². The topological polar surface area (TPSA) is 48.2 Å². The molecule has 0 amide bonds. The predicted molar refractivity (Wildman–Crippen MR) is 75.5 cm³/mol. The Kier molecular flexibility index (Phi) is 5.22. The SMILES string of the molecule is COCCSCc1nnc(-c2cccc(Br)c2)o1. The van der Waals surface area contributed by atoms with Gasteiger partial charge in [-0.05, 0) is 18.2 Å². The highest BCUT2D eigenvalue weighted by molar-refractivity contribution is 9.10. The lowest BCUT2D eigenvalue weighted by atomic mass is 10.2. The van der Waals surface area contributed by atoms with Crippen molar-refractivity contribution in [3.63, 3.8) is 0 Å². The molecular formula is C12H13BrN2O2S. The van der Waals surface area contributed by atoms with E-state index in [9.17, 15) is 0 Å². The number of benzene rings is 1. The van der Waals surface area contributed by atoms with Crippen LogP contribution in [0, 0.1) is 0 Å². The highest BCUT2D eigenvalue weighted by Crippen LogP contribution is 2.22. The first kappa shape index (κ1) is 13.6. The van der Waals surface area contributed by atoms with Gasteiger partial charge in [-0.1, -0.05) is 22.0 Å². The maximum Gasteiger partial charge on any atom is 0.247 e. The monoisotopic (exact) mass is 328 g/mol. The number of rotatable bonds is 6. The Morgan fingerprint density at radius 1 is 1.39 bits per heavy atom. The molecule has 0 atom stereocenters. The quantitative estimate of drug-likeness (QED) is 0.761. The Labute approximate surface area is 118 Å². The summed E-state index contributed by atoms with van der Waals surface area (Å²) in [5.41, 5.74) is 0.921. The van der Waals surface area contributed by atoms with Crippen LogP contribution in [0.3, 0.4) is 0 Å². The second-order valence-electron chi connectivity index (χ2n) is 3.56. The zero-order valence-corrected chi connectivity index (χ0v) is 12.3. The van der Waals surface area contributed by atoms with Crippen LogP contribution in [0.5, 0.6) is 0 Å². The molecule has 0 fully saturated rings. The maximum atomic E-state index is 5.60. The van der Waals surface area contributed by atoms with Gasteiger partial charge in [0, 0.05) is 22.9 Å². The third-order valence-electron chi connectivity index (χ3n) is 2.20. The molecule has 6 heteroatoms. The van der Waals surface area contributed by atoms with Gasteiger partial charge in [0.1, 0.15) is 0 Å². The zero-order chi connectivity index (χ0) is 12.8. The summed E-state index contributed by atoms with van der Waals surface area (Å²) in [5, 5.41) is 8.07. The number of hydrogen-bond donors (Lipinski definition) is 0. The molecule has 18 heavy (non-hydrogen) atoms. The van der Waals surface area contributed by atoms with E-state index < -0.39 is 0 Å². The van der Waals surface area contributed by atoms with Crippen molar-refractivity contribution in [2.45, 2.75) is 5.75 Å². The smallest absolute Gasteiger partial charge is 0.247 e. The summed E-state index contributed by atoms with van der Waals surface area (Å²) >= 11 is 5.13. The second-order valence-corrected chi connectivity index (χ2v) is 5.58. The maximum absolute atomic E-state index is 5.60. The lowest BCUT2D eigenvalue weighted by Crippen LogP contribution is -1.92. The standard InChI is InChI=1S/C12H13BrN2O2S/c1-16-5-6-18-8-11-14-15-12(17-11)9-3-2-4-10(13)7-9/h2-4,7H,5-6,8H2,1H3. The Hall–Kier alpha value is -0.850. The van der Waals surface area contributed by atoms with Crippen LogP contribution in [0.25, 0.3) is 11.5 Å². The van der Waals surface area contributed by atoms with Crippen molar-refractivity contribution in [1.29, 1.82) is 0 Å². The van der Waals surface area contributed by atoms with Gasteiger partial charge in [0.2, 0.25) is 11.8 Å². The lowest BCUT2D eigenvalue weighted by molar-refractivity contribution is 0.218. The highest BCUT2D eigenvalue weighted by Gasteiger charge is 2.08. The molecule has 0 aliphatic heterocycles. The number of ether oxygens (including phenoxy) is 1. The van der Waals surface area contributed by atoms with E-state index in [1.54, 1.807) is 18.9 Å². The molecule has 0 aliphatic carbocycles. The van der Waals surface area contributed by atoms with Gasteiger partial charge >= 0.3 is 0 Å². The Morgan fingerprint density at radius 3 is 3.06 bits per heavy atom. The molecule has 2 aromatic rings. The fourth-order valence-corrected chi connectivity index (χ4v) is 2.47. The van der Waals surface area contributed by atoms with Crippen LogP contribution < -0.4 is 0 Å². The Bertz CT molecular complexity index is 504. The minimum atomic E-state index is 0.554. The van der Waals surface area contributed by atoms with Crippen molar-refractivity contribution in [2.24, 2.45) is 0 Å². The van der Waals surface area contributed by atoms with Crippen LogP contribution in [0.4, 0.5) is 0 Å². The molecule has 0 aliphatic rings. The van der Waals surface area contributed by atoms with Crippen molar-refractivity contribution in [1.82, 2.24) is 10.2 Å². The molecule has 96 valence electrons. The molecule has 0 N–H and O–H groups in total. The molecule has 0 unspecified atom stereocenters. The van der Waals surface area contributed by atoms with Gasteiger partial charge in [-0.2, -0.15) is 0 Å². The molecule has 0 saturated carbocycles. The van der Waals surface area contributed by atoms with Gasteiger partial charge in [-0.15, -0.1) is 22.0 Å². The molecule has 0 saturated heterocycles. The number of thioether (sulfide) groups is 1. The van der Waals surface area contributed by atoms with Crippen LogP contribution in [-0.2, 0) is 10.5 Å². The van der Waals surface area contributed by atoms with Gasteiger partial charge in [-0.25, -0.2) is 0 Å². The number of aromatic nitrogens is 2. The molecule has 2 rings (SSSR count). The minimum absolute atomic E-state index is 0.554. The number of nitrogens with zero attached hydrogens (tertiary/aromatic N) is 2. The average molecular weight is 329 g/mol. The van der Waals surface area contributed by atoms with E-state index in [1.165, 1.54) is 0 Å². The second kappa shape index (κ2) is 6.92. The first-order chi connectivity index (χ1) is 8.79. The van der Waals surface area contributed by atoms with Crippen LogP contribution in [0.1, 0.15) is 5.89 Å². The molecule has 0 radical (unpaired) electrons. The number of halogens is 1.